The lowest BCUT2D eigenvalue weighted by molar-refractivity contribution is 0.211. The number of hydrogen-bond acceptors (Lipinski definition) is 3. The van der Waals surface area contributed by atoms with Gasteiger partial charge in [0.05, 0.1) is 0 Å². The van der Waals surface area contributed by atoms with Crippen LogP contribution in [0.5, 0.6) is 5.75 Å². The van der Waals surface area contributed by atoms with Crippen LogP contribution in [0.25, 0.3) is 0 Å². The van der Waals surface area contributed by atoms with Crippen LogP contribution in [0.3, 0.4) is 0 Å². The highest BCUT2D eigenvalue weighted by atomic mass is 79.9. The number of nitrogens with zero attached hydrogens (tertiary/aromatic N) is 1. The average Bonchev–Trinajstić information content (AvgIpc) is 2.40. The van der Waals surface area contributed by atoms with Crippen molar-refractivity contribution in [2.24, 2.45) is 0 Å². The smallest absolute Gasteiger partial charge is 0.120 e. The molecule has 0 amide bonds. The Bertz CT molecular complexity index is 380. The Kier molecular flexibility index (Phi) is 6.14. The maximum absolute atomic E-state index is 5.75. The first-order valence-corrected chi connectivity index (χ1v) is 7.83. The topological polar surface area (TPSA) is 24.5 Å². The predicted molar refractivity (Wildman–Crippen MR) is 82.8 cm³/mol. The molecule has 0 bridgehead atoms. The van der Waals surface area contributed by atoms with Gasteiger partial charge in [0, 0.05) is 23.6 Å². The number of ether oxygens (including phenoxy) is 1. The highest BCUT2D eigenvalue weighted by Gasteiger charge is 2.14. The molecule has 106 valence electrons. The zero-order valence-electron chi connectivity index (χ0n) is 11.6. The summed E-state index contributed by atoms with van der Waals surface area (Å²) in [4.78, 5) is 2.35. The number of likely N-dealkylation sites (N-methyl/N-ethyl adjacent to an activating group) is 1. The Morgan fingerprint density at radius 1 is 1.42 bits per heavy atom. The van der Waals surface area contributed by atoms with Gasteiger partial charge in [-0.25, -0.2) is 0 Å². The van der Waals surface area contributed by atoms with Gasteiger partial charge in [0.15, 0.2) is 0 Å². The zero-order chi connectivity index (χ0) is 13.5. The van der Waals surface area contributed by atoms with Gasteiger partial charge in [-0.15, -0.1) is 0 Å². The van der Waals surface area contributed by atoms with Crippen LogP contribution in [0.1, 0.15) is 19.3 Å². The predicted octanol–water partition coefficient (Wildman–Crippen LogP) is 2.90. The monoisotopic (exact) mass is 326 g/mol. The van der Waals surface area contributed by atoms with Gasteiger partial charge in [-0.1, -0.05) is 28.4 Å². The Balaban J connectivity index is 1.64. The van der Waals surface area contributed by atoms with Crippen molar-refractivity contribution in [3.63, 3.8) is 0 Å². The van der Waals surface area contributed by atoms with Gasteiger partial charge < -0.3 is 15.0 Å². The lowest BCUT2D eigenvalue weighted by atomic mass is 10.0. The van der Waals surface area contributed by atoms with Gasteiger partial charge in [0.2, 0.25) is 0 Å². The number of hydrogen-bond donors (Lipinski definition) is 1. The van der Waals surface area contributed by atoms with Gasteiger partial charge in [-0.05, 0) is 44.6 Å². The lowest BCUT2D eigenvalue weighted by Crippen LogP contribution is -2.43. The van der Waals surface area contributed by atoms with E-state index in [1.807, 2.05) is 24.3 Å². The largest absolute Gasteiger partial charge is 0.492 e. The molecular formula is C15H23BrN2O. The summed E-state index contributed by atoms with van der Waals surface area (Å²) in [6.07, 6.45) is 3.99. The van der Waals surface area contributed by atoms with E-state index in [-0.39, 0.29) is 0 Å². The van der Waals surface area contributed by atoms with Crippen molar-refractivity contribution in [3.8, 4) is 5.75 Å². The lowest BCUT2D eigenvalue weighted by Gasteiger charge is -2.28. The van der Waals surface area contributed by atoms with Crippen molar-refractivity contribution in [1.29, 1.82) is 0 Å². The summed E-state index contributed by atoms with van der Waals surface area (Å²) in [7, 11) is 2.17. The van der Waals surface area contributed by atoms with E-state index in [9.17, 15) is 0 Å². The van der Waals surface area contributed by atoms with Crippen LogP contribution in [0, 0.1) is 0 Å². The van der Waals surface area contributed by atoms with E-state index in [0.29, 0.717) is 6.04 Å². The Morgan fingerprint density at radius 2 is 2.32 bits per heavy atom. The van der Waals surface area contributed by atoms with E-state index in [2.05, 4.69) is 33.2 Å². The van der Waals surface area contributed by atoms with Gasteiger partial charge in [-0.2, -0.15) is 0 Å². The van der Waals surface area contributed by atoms with Crippen LogP contribution in [0.2, 0.25) is 0 Å². The number of halogens is 1. The number of nitrogens with one attached hydrogen (secondary N) is 1. The van der Waals surface area contributed by atoms with E-state index in [0.717, 1.165) is 29.9 Å². The summed E-state index contributed by atoms with van der Waals surface area (Å²) >= 11 is 3.45. The summed E-state index contributed by atoms with van der Waals surface area (Å²) < 4.78 is 6.81. The summed E-state index contributed by atoms with van der Waals surface area (Å²) in [5.74, 6) is 0.929. The first kappa shape index (κ1) is 14.8. The van der Waals surface area contributed by atoms with Crippen molar-refractivity contribution < 1.29 is 4.74 Å². The molecule has 1 unspecified atom stereocenters. The van der Waals surface area contributed by atoms with Gasteiger partial charge in [-0.3, -0.25) is 0 Å². The SMILES string of the molecule is CN(CCOc1cccc(Br)c1)CC1CCCCN1. The summed E-state index contributed by atoms with van der Waals surface area (Å²) in [6.45, 7) is 3.99. The average molecular weight is 327 g/mol. The molecule has 2 rings (SSSR count). The van der Waals surface area contributed by atoms with Gasteiger partial charge in [0.25, 0.3) is 0 Å². The maximum Gasteiger partial charge on any atom is 0.120 e. The third kappa shape index (κ3) is 5.51. The van der Waals surface area contributed by atoms with Crippen molar-refractivity contribution in [2.45, 2.75) is 25.3 Å². The molecule has 0 radical (unpaired) electrons. The molecule has 1 aromatic carbocycles. The molecule has 0 spiro atoms. The molecule has 1 saturated heterocycles. The highest BCUT2D eigenvalue weighted by Crippen LogP contribution is 2.17. The van der Waals surface area contributed by atoms with Crippen molar-refractivity contribution in [2.75, 3.05) is 33.3 Å². The first-order valence-electron chi connectivity index (χ1n) is 7.04. The highest BCUT2D eigenvalue weighted by molar-refractivity contribution is 9.10. The molecular weight excluding hydrogens is 304 g/mol. The van der Waals surface area contributed by atoms with E-state index in [1.54, 1.807) is 0 Å². The third-order valence-corrected chi connectivity index (χ3v) is 3.98. The second-order valence-corrected chi connectivity index (χ2v) is 6.13. The minimum atomic E-state index is 0.657. The van der Waals surface area contributed by atoms with Crippen molar-refractivity contribution in [3.05, 3.63) is 28.7 Å². The molecule has 1 N–H and O–H groups in total. The van der Waals surface area contributed by atoms with Gasteiger partial charge in [0.1, 0.15) is 12.4 Å². The molecule has 19 heavy (non-hydrogen) atoms. The summed E-state index contributed by atoms with van der Waals surface area (Å²) in [5.41, 5.74) is 0. The number of piperidine rings is 1. The van der Waals surface area contributed by atoms with E-state index < -0.39 is 0 Å². The molecule has 1 atom stereocenters. The molecule has 1 aromatic rings. The standard InChI is InChI=1S/C15H23BrN2O/c1-18(12-14-6-2-3-8-17-14)9-10-19-15-7-4-5-13(16)11-15/h4-5,7,11,14,17H,2-3,6,8-10,12H2,1H3. The molecule has 0 aliphatic carbocycles. The maximum atomic E-state index is 5.75. The number of benzene rings is 1. The quantitative estimate of drug-likeness (QED) is 0.869. The second kappa shape index (κ2) is 7.88. The molecule has 1 heterocycles. The van der Waals surface area contributed by atoms with Crippen LogP contribution in [0.15, 0.2) is 28.7 Å². The van der Waals surface area contributed by atoms with Crippen LogP contribution in [0.4, 0.5) is 0 Å². The van der Waals surface area contributed by atoms with E-state index in [1.165, 1.54) is 25.8 Å². The molecule has 1 aliphatic rings. The molecule has 4 heteroatoms. The summed E-state index contributed by atoms with van der Waals surface area (Å²) in [6, 6.07) is 8.66. The Labute approximate surface area is 124 Å². The minimum Gasteiger partial charge on any atom is -0.492 e. The van der Waals surface area contributed by atoms with Crippen LogP contribution in [-0.2, 0) is 0 Å². The number of rotatable bonds is 6. The van der Waals surface area contributed by atoms with Crippen molar-refractivity contribution in [1.82, 2.24) is 10.2 Å². The summed E-state index contributed by atoms with van der Waals surface area (Å²) in [5, 5.41) is 3.58. The van der Waals surface area contributed by atoms with Gasteiger partial charge >= 0.3 is 0 Å². The minimum absolute atomic E-state index is 0.657. The fourth-order valence-corrected chi connectivity index (χ4v) is 2.80. The van der Waals surface area contributed by atoms with Crippen LogP contribution in [-0.4, -0.2) is 44.2 Å². The fraction of sp³-hybridized carbons (Fsp3) is 0.600. The van der Waals surface area contributed by atoms with Crippen LogP contribution >= 0.6 is 15.9 Å². The first-order chi connectivity index (χ1) is 9.24. The molecule has 1 fully saturated rings. The molecule has 3 nitrogen and oxygen atoms in total. The zero-order valence-corrected chi connectivity index (χ0v) is 13.2. The molecule has 0 aromatic heterocycles. The normalized spacial score (nSPS) is 19.6. The fourth-order valence-electron chi connectivity index (χ4n) is 2.42. The third-order valence-electron chi connectivity index (χ3n) is 3.48. The van der Waals surface area contributed by atoms with E-state index >= 15 is 0 Å². The molecule has 0 saturated carbocycles. The second-order valence-electron chi connectivity index (χ2n) is 5.21. The van der Waals surface area contributed by atoms with E-state index in [4.69, 9.17) is 4.74 Å². The van der Waals surface area contributed by atoms with Crippen LogP contribution < -0.4 is 10.1 Å². The Morgan fingerprint density at radius 3 is 3.05 bits per heavy atom. The Hall–Kier alpha value is -0.580. The van der Waals surface area contributed by atoms with Crippen molar-refractivity contribution >= 4 is 15.9 Å². The molecule has 1 aliphatic heterocycles.